The highest BCUT2D eigenvalue weighted by molar-refractivity contribution is 5.25. The van der Waals surface area contributed by atoms with Crippen molar-refractivity contribution in [3.63, 3.8) is 0 Å². The Bertz CT molecular complexity index is 303. The van der Waals surface area contributed by atoms with Gasteiger partial charge in [0.25, 0.3) is 0 Å². The highest BCUT2D eigenvalue weighted by Gasteiger charge is 2.14. The summed E-state index contributed by atoms with van der Waals surface area (Å²) in [5.74, 6) is 0.528. The molecular formula is C14H22O2. The van der Waals surface area contributed by atoms with Crippen molar-refractivity contribution in [3.05, 3.63) is 35.4 Å². The van der Waals surface area contributed by atoms with Crippen LogP contribution in [0, 0.1) is 0 Å². The van der Waals surface area contributed by atoms with E-state index in [9.17, 15) is 10.2 Å². The van der Waals surface area contributed by atoms with Gasteiger partial charge in [0.2, 0.25) is 0 Å². The molecule has 0 heterocycles. The minimum Gasteiger partial charge on any atom is -0.390 e. The smallest absolute Gasteiger partial charge is 0.0839 e. The van der Waals surface area contributed by atoms with Crippen LogP contribution in [0.4, 0.5) is 0 Å². The summed E-state index contributed by atoms with van der Waals surface area (Å²) in [7, 11) is 0. The van der Waals surface area contributed by atoms with Gasteiger partial charge in [0.1, 0.15) is 0 Å². The van der Waals surface area contributed by atoms with Crippen LogP contribution in [0.25, 0.3) is 0 Å². The van der Waals surface area contributed by atoms with Crippen molar-refractivity contribution in [1.29, 1.82) is 0 Å². The van der Waals surface area contributed by atoms with Crippen molar-refractivity contribution in [2.45, 2.75) is 51.7 Å². The molecule has 2 N–H and O–H groups in total. The lowest BCUT2D eigenvalue weighted by Crippen LogP contribution is -2.27. The molecule has 0 aliphatic heterocycles. The van der Waals surface area contributed by atoms with Gasteiger partial charge in [-0.25, -0.2) is 0 Å². The Labute approximate surface area is 97.9 Å². The minimum atomic E-state index is -0.658. The van der Waals surface area contributed by atoms with E-state index in [1.165, 1.54) is 5.56 Å². The van der Waals surface area contributed by atoms with Crippen LogP contribution in [0.5, 0.6) is 0 Å². The highest BCUT2D eigenvalue weighted by Crippen LogP contribution is 2.16. The van der Waals surface area contributed by atoms with Crippen molar-refractivity contribution in [2.75, 3.05) is 0 Å². The first-order chi connectivity index (χ1) is 7.54. The number of aliphatic hydroxyl groups is 2. The molecule has 2 atom stereocenters. The topological polar surface area (TPSA) is 40.5 Å². The first-order valence-corrected chi connectivity index (χ1v) is 5.99. The molecule has 0 aromatic heterocycles. The van der Waals surface area contributed by atoms with Crippen LogP contribution in [0.2, 0.25) is 0 Å². The minimum absolute atomic E-state index is 0.521. The lowest BCUT2D eigenvalue weighted by atomic mass is 9.98. The van der Waals surface area contributed by atoms with E-state index < -0.39 is 12.2 Å². The fourth-order valence-corrected chi connectivity index (χ4v) is 1.69. The number of benzene rings is 1. The second-order valence-corrected chi connectivity index (χ2v) is 4.64. The molecule has 2 heteroatoms. The fraction of sp³-hybridized carbons (Fsp3) is 0.571. The molecular weight excluding hydrogens is 200 g/mol. The summed E-state index contributed by atoms with van der Waals surface area (Å²) < 4.78 is 0. The lowest BCUT2D eigenvalue weighted by Gasteiger charge is -2.16. The van der Waals surface area contributed by atoms with E-state index in [0.29, 0.717) is 18.8 Å². The zero-order valence-electron chi connectivity index (χ0n) is 10.4. The third-order valence-electron chi connectivity index (χ3n) is 2.95. The van der Waals surface area contributed by atoms with E-state index in [1.807, 2.05) is 19.1 Å². The van der Waals surface area contributed by atoms with Gasteiger partial charge in [-0.3, -0.25) is 0 Å². The summed E-state index contributed by atoms with van der Waals surface area (Å²) in [6.45, 7) is 6.19. The summed E-state index contributed by atoms with van der Waals surface area (Å²) in [4.78, 5) is 0. The fourth-order valence-electron chi connectivity index (χ4n) is 1.69. The molecule has 1 aromatic rings. The Hall–Kier alpha value is -0.860. The molecule has 2 unspecified atom stereocenters. The summed E-state index contributed by atoms with van der Waals surface area (Å²) in [6, 6.07) is 8.23. The van der Waals surface area contributed by atoms with Crippen molar-refractivity contribution in [3.8, 4) is 0 Å². The maximum atomic E-state index is 9.70. The van der Waals surface area contributed by atoms with Gasteiger partial charge >= 0.3 is 0 Å². The van der Waals surface area contributed by atoms with Crippen LogP contribution in [-0.4, -0.2) is 22.4 Å². The maximum Gasteiger partial charge on any atom is 0.0839 e. The first kappa shape index (κ1) is 13.2. The third kappa shape index (κ3) is 3.62. The number of aliphatic hydroxyl groups excluding tert-OH is 2. The van der Waals surface area contributed by atoms with E-state index >= 15 is 0 Å². The zero-order chi connectivity index (χ0) is 12.1. The molecule has 0 bridgehead atoms. The molecule has 0 aliphatic carbocycles. The zero-order valence-corrected chi connectivity index (χ0v) is 10.4. The Kier molecular flexibility index (Phi) is 4.97. The molecule has 0 fully saturated rings. The monoisotopic (exact) mass is 222 g/mol. The van der Waals surface area contributed by atoms with Gasteiger partial charge in [0, 0.05) is 6.42 Å². The highest BCUT2D eigenvalue weighted by atomic mass is 16.3. The quantitative estimate of drug-likeness (QED) is 0.803. The van der Waals surface area contributed by atoms with E-state index in [-0.39, 0.29) is 0 Å². The molecule has 2 nitrogen and oxygen atoms in total. The summed E-state index contributed by atoms with van der Waals surface area (Å²) in [6.07, 6.45) is -0.168. The van der Waals surface area contributed by atoms with Gasteiger partial charge in [0.05, 0.1) is 12.2 Å². The second-order valence-electron chi connectivity index (χ2n) is 4.64. The van der Waals surface area contributed by atoms with Gasteiger partial charge in [-0.2, -0.15) is 0 Å². The number of hydrogen-bond acceptors (Lipinski definition) is 2. The molecule has 0 spiro atoms. The lowest BCUT2D eigenvalue weighted by molar-refractivity contribution is 0.0181. The predicted octanol–water partition coefficient (Wildman–Crippen LogP) is 2.48. The normalized spacial score (nSPS) is 15.1. The molecule has 16 heavy (non-hydrogen) atoms. The van der Waals surface area contributed by atoms with Crippen LogP contribution in [0.3, 0.4) is 0 Å². The molecule has 0 radical (unpaired) electrons. The Morgan fingerprint density at radius 1 is 1.00 bits per heavy atom. The summed E-state index contributed by atoms with van der Waals surface area (Å²) in [5.41, 5.74) is 2.37. The van der Waals surface area contributed by atoms with Crippen LogP contribution >= 0.6 is 0 Å². The molecule has 0 aliphatic rings. The molecule has 90 valence electrons. The maximum absolute atomic E-state index is 9.70. The Morgan fingerprint density at radius 3 is 2.00 bits per heavy atom. The Balaban J connectivity index is 2.61. The SMILES string of the molecule is CCC(O)C(O)Cc1ccc(C(C)C)cc1. The van der Waals surface area contributed by atoms with E-state index in [4.69, 9.17) is 0 Å². The molecule has 0 saturated carbocycles. The van der Waals surface area contributed by atoms with Crippen LogP contribution < -0.4 is 0 Å². The van der Waals surface area contributed by atoms with Gasteiger partial charge in [-0.15, -0.1) is 0 Å². The van der Waals surface area contributed by atoms with Gasteiger partial charge in [-0.05, 0) is 23.5 Å². The first-order valence-electron chi connectivity index (χ1n) is 5.99. The van der Waals surface area contributed by atoms with E-state index in [0.717, 1.165) is 5.56 Å². The van der Waals surface area contributed by atoms with Crippen LogP contribution in [0.15, 0.2) is 24.3 Å². The van der Waals surface area contributed by atoms with Crippen molar-refractivity contribution >= 4 is 0 Å². The van der Waals surface area contributed by atoms with Gasteiger partial charge < -0.3 is 10.2 Å². The largest absolute Gasteiger partial charge is 0.390 e. The number of hydrogen-bond donors (Lipinski definition) is 2. The molecule has 0 amide bonds. The van der Waals surface area contributed by atoms with Crippen molar-refractivity contribution < 1.29 is 10.2 Å². The van der Waals surface area contributed by atoms with E-state index in [2.05, 4.69) is 26.0 Å². The Morgan fingerprint density at radius 2 is 1.56 bits per heavy atom. The second kappa shape index (κ2) is 6.02. The average Bonchev–Trinajstić information content (AvgIpc) is 2.28. The summed E-state index contributed by atoms with van der Waals surface area (Å²) in [5, 5.41) is 19.2. The van der Waals surface area contributed by atoms with Crippen LogP contribution in [-0.2, 0) is 6.42 Å². The van der Waals surface area contributed by atoms with Gasteiger partial charge in [0.15, 0.2) is 0 Å². The van der Waals surface area contributed by atoms with Crippen LogP contribution in [0.1, 0.15) is 44.2 Å². The standard InChI is InChI=1S/C14H22O2/c1-4-13(15)14(16)9-11-5-7-12(8-6-11)10(2)3/h5-8,10,13-16H,4,9H2,1-3H3. The molecule has 1 rings (SSSR count). The van der Waals surface area contributed by atoms with Crippen molar-refractivity contribution in [1.82, 2.24) is 0 Å². The van der Waals surface area contributed by atoms with Crippen molar-refractivity contribution in [2.24, 2.45) is 0 Å². The summed E-state index contributed by atoms with van der Waals surface area (Å²) >= 11 is 0. The third-order valence-corrected chi connectivity index (χ3v) is 2.95. The molecule has 0 saturated heterocycles. The number of rotatable bonds is 5. The average molecular weight is 222 g/mol. The molecule has 1 aromatic carbocycles. The predicted molar refractivity (Wildman–Crippen MR) is 66.5 cm³/mol. The van der Waals surface area contributed by atoms with Gasteiger partial charge in [-0.1, -0.05) is 45.0 Å². The van der Waals surface area contributed by atoms with E-state index in [1.54, 1.807) is 0 Å².